The number of ketones is 1. The Bertz CT molecular complexity index is 1060. The van der Waals surface area contributed by atoms with Crippen LogP contribution >= 0.6 is 0 Å². The quantitative estimate of drug-likeness (QED) is 0.475. The van der Waals surface area contributed by atoms with Crippen LogP contribution in [0.5, 0.6) is 11.5 Å². The Morgan fingerprint density at radius 1 is 1.18 bits per heavy atom. The van der Waals surface area contributed by atoms with Crippen LogP contribution in [0.25, 0.3) is 0 Å². The van der Waals surface area contributed by atoms with Gasteiger partial charge in [-0.15, -0.1) is 0 Å². The van der Waals surface area contributed by atoms with E-state index in [0.29, 0.717) is 52.4 Å². The van der Waals surface area contributed by atoms with Gasteiger partial charge in [-0.1, -0.05) is 13.8 Å². The Hall–Kier alpha value is -3.29. The van der Waals surface area contributed by atoms with Gasteiger partial charge in [-0.05, 0) is 50.8 Å². The van der Waals surface area contributed by atoms with Gasteiger partial charge in [-0.3, -0.25) is 9.59 Å². The third-order valence-corrected chi connectivity index (χ3v) is 6.59. The van der Waals surface area contributed by atoms with Crippen molar-refractivity contribution >= 4 is 17.7 Å². The molecule has 0 fully saturated rings. The number of carbonyl (C=O) groups is 3. The first-order chi connectivity index (χ1) is 16.2. The summed E-state index contributed by atoms with van der Waals surface area (Å²) in [4.78, 5) is 39.8. The molecule has 0 amide bonds. The van der Waals surface area contributed by atoms with Crippen molar-refractivity contribution in [2.75, 3.05) is 21.3 Å². The predicted molar refractivity (Wildman–Crippen MR) is 125 cm³/mol. The summed E-state index contributed by atoms with van der Waals surface area (Å²) >= 11 is 0. The summed E-state index contributed by atoms with van der Waals surface area (Å²) in [6, 6.07) is 5.23. The molecular weight excluding hydrogens is 438 g/mol. The molecule has 8 heteroatoms. The van der Waals surface area contributed by atoms with Crippen LogP contribution in [0.2, 0.25) is 0 Å². The second-order valence-corrected chi connectivity index (χ2v) is 8.77. The Labute approximate surface area is 200 Å². The van der Waals surface area contributed by atoms with Crippen LogP contribution in [0.1, 0.15) is 52.0 Å². The van der Waals surface area contributed by atoms with Crippen LogP contribution in [0.3, 0.4) is 0 Å². The van der Waals surface area contributed by atoms with E-state index in [2.05, 4.69) is 5.32 Å². The summed E-state index contributed by atoms with van der Waals surface area (Å²) in [7, 11) is 4.34. The molecule has 0 saturated heterocycles. The van der Waals surface area contributed by atoms with Crippen molar-refractivity contribution in [3.05, 3.63) is 46.3 Å². The molecule has 1 aromatic rings. The Morgan fingerprint density at radius 3 is 2.47 bits per heavy atom. The van der Waals surface area contributed by atoms with Gasteiger partial charge in [0.1, 0.15) is 17.4 Å². The fourth-order valence-corrected chi connectivity index (χ4v) is 4.66. The Balaban J connectivity index is 2.26. The van der Waals surface area contributed by atoms with E-state index in [1.165, 1.54) is 14.2 Å². The smallest absolute Gasteiger partial charge is 0.337 e. The molecule has 3 rings (SSSR count). The first-order valence-corrected chi connectivity index (χ1v) is 11.4. The van der Waals surface area contributed by atoms with Crippen LogP contribution in [0, 0.1) is 11.8 Å². The van der Waals surface area contributed by atoms with E-state index in [9.17, 15) is 14.4 Å². The van der Waals surface area contributed by atoms with Crippen LogP contribution < -0.4 is 14.8 Å². The maximum Gasteiger partial charge on any atom is 0.337 e. The molecule has 1 aliphatic heterocycles. The highest BCUT2D eigenvalue weighted by molar-refractivity contribution is 6.12. The maximum atomic E-state index is 13.8. The van der Waals surface area contributed by atoms with Crippen LogP contribution in [0.4, 0.5) is 0 Å². The standard InChI is InChI=1S/C26H33NO7/c1-8-14(3)34-26(30)21-15(4)27-18-11-13(2)20(25(29)33-7)24(28)23(18)22(21)17-12-16(31-5)9-10-19(17)32-6/h9-10,12-14,20,22,27H,8,11H2,1-7H3/t13-,14+,20-,22+/m1/s1. The Kier molecular flexibility index (Phi) is 7.69. The van der Waals surface area contributed by atoms with E-state index < -0.39 is 23.8 Å². The number of Topliss-reactive ketones (excluding diaryl/α,β-unsaturated/α-hetero) is 1. The van der Waals surface area contributed by atoms with Crippen LogP contribution in [0.15, 0.2) is 40.7 Å². The van der Waals surface area contributed by atoms with Gasteiger partial charge in [-0.2, -0.15) is 0 Å². The number of nitrogens with one attached hydrogen (secondary N) is 1. The maximum absolute atomic E-state index is 13.8. The number of hydrogen-bond acceptors (Lipinski definition) is 8. The lowest BCUT2D eigenvalue weighted by Crippen LogP contribution is -2.43. The lowest BCUT2D eigenvalue weighted by atomic mass is 9.69. The van der Waals surface area contributed by atoms with Crippen molar-refractivity contribution in [3.8, 4) is 11.5 Å². The second kappa shape index (κ2) is 10.3. The number of rotatable bonds is 7. The molecule has 8 nitrogen and oxygen atoms in total. The molecule has 0 spiro atoms. The number of carbonyl (C=O) groups excluding carboxylic acids is 3. The third kappa shape index (κ3) is 4.54. The molecule has 1 aromatic carbocycles. The van der Waals surface area contributed by atoms with Gasteiger partial charge in [0, 0.05) is 22.5 Å². The zero-order valence-corrected chi connectivity index (χ0v) is 20.8. The van der Waals surface area contributed by atoms with Crippen molar-refractivity contribution in [1.82, 2.24) is 5.32 Å². The van der Waals surface area contributed by atoms with Crippen LogP contribution in [-0.4, -0.2) is 45.2 Å². The van der Waals surface area contributed by atoms with E-state index in [-0.39, 0.29) is 17.8 Å². The number of hydrogen-bond donors (Lipinski definition) is 1. The number of benzene rings is 1. The summed E-state index contributed by atoms with van der Waals surface area (Å²) in [5.41, 5.74) is 2.51. The topological polar surface area (TPSA) is 100 Å². The largest absolute Gasteiger partial charge is 0.497 e. The number of esters is 2. The number of dihydropyridines is 1. The van der Waals surface area contributed by atoms with E-state index in [0.717, 1.165) is 0 Å². The zero-order chi connectivity index (χ0) is 25.2. The molecule has 0 unspecified atom stereocenters. The van der Waals surface area contributed by atoms with Gasteiger partial charge in [0.15, 0.2) is 5.78 Å². The number of ether oxygens (including phenoxy) is 4. The summed E-state index contributed by atoms with van der Waals surface area (Å²) in [5.74, 6) is -2.48. The molecule has 184 valence electrons. The fraction of sp³-hybridized carbons (Fsp3) is 0.500. The fourth-order valence-electron chi connectivity index (χ4n) is 4.66. The highest BCUT2D eigenvalue weighted by Crippen LogP contribution is 2.48. The minimum atomic E-state index is -0.963. The van der Waals surface area contributed by atoms with E-state index in [1.807, 2.05) is 20.8 Å². The van der Waals surface area contributed by atoms with Crippen molar-refractivity contribution < 1.29 is 33.3 Å². The number of methoxy groups -OCH3 is 3. The molecule has 1 N–H and O–H groups in total. The minimum Gasteiger partial charge on any atom is -0.497 e. The molecule has 1 heterocycles. The first-order valence-electron chi connectivity index (χ1n) is 11.4. The van der Waals surface area contributed by atoms with Gasteiger partial charge in [0.05, 0.1) is 38.9 Å². The van der Waals surface area contributed by atoms with Gasteiger partial charge in [0.2, 0.25) is 0 Å². The predicted octanol–water partition coefficient (Wildman–Crippen LogP) is 3.66. The zero-order valence-electron chi connectivity index (χ0n) is 20.8. The molecule has 0 bridgehead atoms. The molecule has 0 aromatic heterocycles. The number of allylic oxidation sites excluding steroid dienone is 3. The second-order valence-electron chi connectivity index (χ2n) is 8.77. The average Bonchev–Trinajstić information content (AvgIpc) is 2.82. The SMILES string of the molecule is CC[C@H](C)OC(=O)C1=C(C)NC2=C(C(=O)[C@H](C(=O)OC)[C@H](C)C2)[C@H]1c1cc(OC)ccc1OC. The minimum absolute atomic E-state index is 0.263. The van der Waals surface area contributed by atoms with Gasteiger partial charge in [0.25, 0.3) is 0 Å². The highest BCUT2D eigenvalue weighted by atomic mass is 16.5. The van der Waals surface area contributed by atoms with Crippen LogP contribution in [-0.2, 0) is 23.9 Å². The molecule has 2 aliphatic rings. The van der Waals surface area contributed by atoms with Crippen molar-refractivity contribution in [3.63, 3.8) is 0 Å². The van der Waals surface area contributed by atoms with Crippen molar-refractivity contribution in [1.29, 1.82) is 0 Å². The summed E-state index contributed by atoms with van der Waals surface area (Å²) in [5, 5.41) is 3.26. The molecule has 0 radical (unpaired) electrons. The highest BCUT2D eigenvalue weighted by Gasteiger charge is 2.48. The van der Waals surface area contributed by atoms with Gasteiger partial charge >= 0.3 is 11.9 Å². The van der Waals surface area contributed by atoms with E-state index in [4.69, 9.17) is 18.9 Å². The third-order valence-electron chi connectivity index (χ3n) is 6.59. The van der Waals surface area contributed by atoms with E-state index in [1.54, 1.807) is 32.2 Å². The van der Waals surface area contributed by atoms with Gasteiger partial charge < -0.3 is 24.3 Å². The lowest BCUT2D eigenvalue weighted by Gasteiger charge is -2.38. The molecule has 0 saturated carbocycles. The summed E-state index contributed by atoms with van der Waals surface area (Å²) in [6.07, 6.45) is 0.795. The van der Waals surface area contributed by atoms with Crippen molar-refractivity contribution in [2.45, 2.75) is 52.6 Å². The Morgan fingerprint density at radius 2 is 1.88 bits per heavy atom. The molecule has 4 atom stereocenters. The molecular formula is C26H33NO7. The summed E-state index contributed by atoms with van der Waals surface area (Å²) < 4.78 is 21.7. The van der Waals surface area contributed by atoms with Gasteiger partial charge in [-0.25, -0.2) is 4.79 Å². The normalized spacial score (nSPS) is 23.0. The van der Waals surface area contributed by atoms with E-state index >= 15 is 0 Å². The summed E-state index contributed by atoms with van der Waals surface area (Å²) in [6.45, 7) is 7.38. The van der Waals surface area contributed by atoms with Crippen molar-refractivity contribution in [2.24, 2.45) is 11.8 Å². The first kappa shape index (κ1) is 25.3. The average molecular weight is 472 g/mol. The monoisotopic (exact) mass is 471 g/mol. The lowest BCUT2D eigenvalue weighted by molar-refractivity contribution is -0.151. The molecule has 34 heavy (non-hydrogen) atoms. The molecule has 1 aliphatic carbocycles.